The van der Waals surface area contributed by atoms with Gasteiger partial charge < -0.3 is 15.0 Å². The number of carbonyl (C=O) groups is 2. The van der Waals surface area contributed by atoms with Gasteiger partial charge in [-0.05, 0) is 13.0 Å². The van der Waals surface area contributed by atoms with Crippen molar-refractivity contribution in [3.05, 3.63) is 41.7 Å². The van der Waals surface area contributed by atoms with Crippen LogP contribution in [0.5, 0.6) is 5.75 Å². The Kier molecular flexibility index (Phi) is 4.74. The van der Waals surface area contributed by atoms with Crippen LogP contribution in [0, 0.1) is 12.8 Å². The van der Waals surface area contributed by atoms with Gasteiger partial charge in [0, 0.05) is 38.3 Å². The highest BCUT2D eigenvalue weighted by Crippen LogP contribution is 2.25. The number of anilines is 1. The highest BCUT2D eigenvalue weighted by Gasteiger charge is 2.34. The van der Waals surface area contributed by atoms with Gasteiger partial charge in [-0.2, -0.15) is 5.10 Å². The summed E-state index contributed by atoms with van der Waals surface area (Å²) in [5.41, 5.74) is 2.37. The average Bonchev–Trinajstić information content (AvgIpc) is 3.10. The second kappa shape index (κ2) is 6.96. The summed E-state index contributed by atoms with van der Waals surface area (Å²) in [5.74, 6) is 0.219. The number of carbonyl (C=O) groups excluding carboxylic acids is 2. The van der Waals surface area contributed by atoms with Gasteiger partial charge in [-0.15, -0.1) is 0 Å². The molecule has 0 radical (unpaired) electrons. The Balaban J connectivity index is 1.65. The fraction of sp³-hybridized carbons (Fsp3) is 0.389. The average molecular weight is 342 g/mol. The Bertz CT molecular complexity index is 799. The van der Waals surface area contributed by atoms with E-state index in [4.69, 9.17) is 4.74 Å². The SMILES string of the molecule is COc1ccccc1CN1CC(C(=O)Nc2cn(C)nc2C)CC1=O. The molecule has 0 bridgehead atoms. The molecule has 3 rings (SSSR count). The third-order valence-corrected chi connectivity index (χ3v) is 4.41. The zero-order valence-corrected chi connectivity index (χ0v) is 14.7. The molecule has 1 N–H and O–H groups in total. The lowest BCUT2D eigenvalue weighted by atomic mass is 10.1. The van der Waals surface area contributed by atoms with E-state index in [0.717, 1.165) is 17.0 Å². The number of ether oxygens (including phenoxy) is 1. The first-order valence-corrected chi connectivity index (χ1v) is 8.18. The van der Waals surface area contributed by atoms with Crippen molar-refractivity contribution in [1.82, 2.24) is 14.7 Å². The molecule has 25 heavy (non-hydrogen) atoms. The number of para-hydroxylation sites is 1. The van der Waals surface area contributed by atoms with E-state index in [-0.39, 0.29) is 24.2 Å². The van der Waals surface area contributed by atoms with Crippen LogP contribution in [0.25, 0.3) is 0 Å². The molecule has 1 aromatic heterocycles. The highest BCUT2D eigenvalue weighted by molar-refractivity contribution is 5.97. The van der Waals surface area contributed by atoms with Crippen molar-refractivity contribution in [1.29, 1.82) is 0 Å². The van der Waals surface area contributed by atoms with Crippen LogP contribution < -0.4 is 10.1 Å². The van der Waals surface area contributed by atoms with E-state index in [1.807, 2.05) is 31.2 Å². The van der Waals surface area contributed by atoms with E-state index in [9.17, 15) is 9.59 Å². The standard InChI is InChI=1S/C18H22N4O3/c1-12-15(11-21(2)20-12)19-18(24)14-8-17(23)22(10-14)9-13-6-4-5-7-16(13)25-3/h4-7,11,14H,8-10H2,1-3H3,(H,19,24). The lowest BCUT2D eigenvalue weighted by Gasteiger charge is -2.18. The van der Waals surface area contributed by atoms with Crippen LogP contribution in [0.15, 0.2) is 30.5 Å². The van der Waals surface area contributed by atoms with Crippen molar-refractivity contribution >= 4 is 17.5 Å². The van der Waals surface area contributed by atoms with Crippen LogP contribution in [0.1, 0.15) is 17.7 Å². The molecule has 0 saturated carbocycles. The number of aryl methyl sites for hydroxylation is 2. The fourth-order valence-corrected chi connectivity index (χ4v) is 3.10. The van der Waals surface area contributed by atoms with Crippen LogP contribution in [-0.2, 0) is 23.2 Å². The van der Waals surface area contributed by atoms with Crippen LogP contribution in [0.4, 0.5) is 5.69 Å². The van der Waals surface area contributed by atoms with Crippen molar-refractivity contribution in [2.24, 2.45) is 13.0 Å². The maximum absolute atomic E-state index is 12.5. The van der Waals surface area contributed by atoms with E-state index < -0.39 is 0 Å². The number of methoxy groups -OCH3 is 1. The Morgan fingerprint density at radius 1 is 1.40 bits per heavy atom. The van der Waals surface area contributed by atoms with Crippen molar-refractivity contribution in [2.75, 3.05) is 19.0 Å². The lowest BCUT2D eigenvalue weighted by molar-refractivity contribution is -0.128. The summed E-state index contributed by atoms with van der Waals surface area (Å²) in [7, 11) is 3.41. The van der Waals surface area contributed by atoms with Gasteiger partial charge in [0.1, 0.15) is 5.75 Å². The largest absolute Gasteiger partial charge is 0.496 e. The molecule has 0 spiro atoms. The fourth-order valence-electron chi connectivity index (χ4n) is 3.10. The molecular weight excluding hydrogens is 320 g/mol. The molecule has 1 unspecified atom stereocenters. The number of aromatic nitrogens is 2. The van der Waals surface area contributed by atoms with Gasteiger partial charge in [0.05, 0.1) is 24.4 Å². The third kappa shape index (κ3) is 3.65. The monoisotopic (exact) mass is 342 g/mol. The molecule has 7 heteroatoms. The number of amides is 2. The molecule has 1 aliphatic rings. The second-order valence-corrected chi connectivity index (χ2v) is 6.28. The smallest absolute Gasteiger partial charge is 0.229 e. The third-order valence-electron chi connectivity index (χ3n) is 4.41. The van der Waals surface area contributed by atoms with Gasteiger partial charge >= 0.3 is 0 Å². The van der Waals surface area contributed by atoms with Crippen LogP contribution >= 0.6 is 0 Å². The topological polar surface area (TPSA) is 76.5 Å². The second-order valence-electron chi connectivity index (χ2n) is 6.28. The number of nitrogens with zero attached hydrogens (tertiary/aromatic N) is 3. The van der Waals surface area contributed by atoms with Crippen molar-refractivity contribution in [3.8, 4) is 5.75 Å². The quantitative estimate of drug-likeness (QED) is 0.898. The van der Waals surface area contributed by atoms with Gasteiger partial charge in [-0.25, -0.2) is 0 Å². The Morgan fingerprint density at radius 3 is 2.84 bits per heavy atom. The van der Waals surface area contributed by atoms with Crippen LogP contribution in [-0.4, -0.2) is 40.1 Å². The van der Waals surface area contributed by atoms with Gasteiger partial charge in [0.15, 0.2) is 0 Å². The van der Waals surface area contributed by atoms with Gasteiger partial charge in [0.2, 0.25) is 11.8 Å². The van der Waals surface area contributed by atoms with Crippen LogP contribution in [0.3, 0.4) is 0 Å². The molecule has 132 valence electrons. The van der Waals surface area contributed by atoms with Gasteiger partial charge in [-0.3, -0.25) is 14.3 Å². The number of nitrogens with one attached hydrogen (secondary N) is 1. The predicted octanol–water partition coefficient (Wildman–Crippen LogP) is 1.72. The van der Waals surface area contributed by atoms with Gasteiger partial charge in [0.25, 0.3) is 0 Å². The zero-order chi connectivity index (χ0) is 18.0. The Labute approximate surface area is 146 Å². The van der Waals surface area contributed by atoms with E-state index in [0.29, 0.717) is 18.8 Å². The number of likely N-dealkylation sites (tertiary alicyclic amines) is 1. The summed E-state index contributed by atoms with van der Waals surface area (Å²) in [6.45, 7) is 2.68. The number of benzene rings is 1. The Morgan fingerprint density at radius 2 is 2.16 bits per heavy atom. The molecule has 1 aromatic carbocycles. The summed E-state index contributed by atoms with van der Waals surface area (Å²) in [6.07, 6.45) is 1.98. The molecule has 2 heterocycles. The molecule has 1 fully saturated rings. The minimum Gasteiger partial charge on any atom is -0.496 e. The molecule has 1 aliphatic heterocycles. The molecular formula is C18H22N4O3. The number of rotatable bonds is 5. The number of hydrogen-bond donors (Lipinski definition) is 1. The van der Waals surface area contributed by atoms with Crippen molar-refractivity contribution in [3.63, 3.8) is 0 Å². The van der Waals surface area contributed by atoms with E-state index in [2.05, 4.69) is 10.4 Å². The maximum atomic E-state index is 12.5. The summed E-state index contributed by atoms with van der Waals surface area (Å²) in [6, 6.07) is 7.60. The molecule has 2 amide bonds. The minimum atomic E-state index is -0.359. The van der Waals surface area contributed by atoms with E-state index in [1.54, 1.807) is 29.9 Å². The first-order valence-electron chi connectivity index (χ1n) is 8.18. The van der Waals surface area contributed by atoms with Crippen molar-refractivity contribution < 1.29 is 14.3 Å². The molecule has 1 saturated heterocycles. The normalized spacial score (nSPS) is 17.0. The first-order chi connectivity index (χ1) is 12.0. The summed E-state index contributed by atoms with van der Waals surface area (Å²) < 4.78 is 6.98. The summed E-state index contributed by atoms with van der Waals surface area (Å²) in [4.78, 5) is 26.5. The van der Waals surface area contributed by atoms with E-state index in [1.165, 1.54) is 0 Å². The van der Waals surface area contributed by atoms with Crippen LogP contribution in [0.2, 0.25) is 0 Å². The minimum absolute atomic E-state index is 0.0195. The lowest BCUT2D eigenvalue weighted by Crippen LogP contribution is -2.28. The number of hydrogen-bond acceptors (Lipinski definition) is 4. The molecule has 2 aromatic rings. The molecule has 0 aliphatic carbocycles. The summed E-state index contributed by atoms with van der Waals surface area (Å²) >= 11 is 0. The van der Waals surface area contributed by atoms with Crippen molar-refractivity contribution in [2.45, 2.75) is 19.9 Å². The van der Waals surface area contributed by atoms with Gasteiger partial charge in [-0.1, -0.05) is 18.2 Å². The first kappa shape index (κ1) is 17.0. The maximum Gasteiger partial charge on any atom is 0.229 e. The highest BCUT2D eigenvalue weighted by atomic mass is 16.5. The molecule has 1 atom stereocenters. The van der Waals surface area contributed by atoms with E-state index >= 15 is 0 Å². The zero-order valence-electron chi connectivity index (χ0n) is 14.7. The Hall–Kier alpha value is -2.83. The summed E-state index contributed by atoms with van der Waals surface area (Å²) in [5, 5.41) is 7.08. The molecule has 7 nitrogen and oxygen atoms in total. The predicted molar refractivity (Wildman–Crippen MR) is 93.1 cm³/mol.